The lowest BCUT2D eigenvalue weighted by atomic mass is 9.87. The second kappa shape index (κ2) is 6.73. The molecule has 0 bridgehead atoms. The van der Waals surface area contributed by atoms with Gasteiger partial charge in [-0.3, -0.25) is 0 Å². The van der Waals surface area contributed by atoms with Gasteiger partial charge in [0.05, 0.1) is 19.1 Å². The quantitative estimate of drug-likeness (QED) is 0.858. The van der Waals surface area contributed by atoms with Gasteiger partial charge in [-0.2, -0.15) is 13.2 Å². The van der Waals surface area contributed by atoms with Gasteiger partial charge in [-0.25, -0.2) is 4.39 Å². The lowest BCUT2D eigenvalue weighted by molar-refractivity contribution is -0.185. The topological polar surface area (TPSA) is 44.5 Å². The van der Waals surface area contributed by atoms with Crippen LogP contribution in [0.1, 0.15) is 31.2 Å². The maximum atomic E-state index is 14.0. The fourth-order valence-corrected chi connectivity index (χ4v) is 2.70. The zero-order chi connectivity index (χ0) is 16.3. The molecule has 1 aliphatic rings. The van der Waals surface area contributed by atoms with E-state index >= 15 is 0 Å². The molecule has 0 radical (unpaired) electrons. The average Bonchev–Trinajstić information content (AvgIpc) is 2.48. The number of alkyl halides is 3. The molecule has 1 saturated carbocycles. The standard InChI is InChI=1S/C15H19F4NO2/c1-21-13-7-14(12(16)6-9(13)8-20)22-11-4-2-10(3-5-11)15(17,18)19/h6-7,10-11H,2-5,8,20H2,1H3/t10-,11-. The van der Waals surface area contributed by atoms with Crippen molar-refractivity contribution in [3.63, 3.8) is 0 Å². The van der Waals surface area contributed by atoms with Gasteiger partial charge in [0.15, 0.2) is 11.6 Å². The molecule has 1 fully saturated rings. The van der Waals surface area contributed by atoms with Crippen molar-refractivity contribution in [3.8, 4) is 11.5 Å². The summed E-state index contributed by atoms with van der Waals surface area (Å²) in [6.45, 7) is 0.122. The molecule has 2 rings (SSSR count). The number of nitrogens with two attached hydrogens (primary N) is 1. The first-order valence-corrected chi connectivity index (χ1v) is 7.15. The second-order valence-corrected chi connectivity index (χ2v) is 5.43. The van der Waals surface area contributed by atoms with E-state index in [0.29, 0.717) is 11.3 Å². The van der Waals surface area contributed by atoms with Crippen LogP contribution in [-0.2, 0) is 6.54 Å². The Balaban J connectivity index is 2.03. The van der Waals surface area contributed by atoms with Crippen molar-refractivity contribution in [2.45, 2.75) is 44.5 Å². The molecule has 0 aliphatic heterocycles. The lowest BCUT2D eigenvalue weighted by Gasteiger charge is -2.30. The van der Waals surface area contributed by atoms with Gasteiger partial charge in [-0.05, 0) is 31.7 Å². The maximum Gasteiger partial charge on any atom is 0.391 e. The van der Waals surface area contributed by atoms with Crippen LogP contribution in [0.4, 0.5) is 17.6 Å². The molecule has 2 N–H and O–H groups in total. The van der Waals surface area contributed by atoms with Gasteiger partial charge >= 0.3 is 6.18 Å². The molecule has 1 aliphatic carbocycles. The van der Waals surface area contributed by atoms with Crippen LogP contribution in [0.15, 0.2) is 12.1 Å². The summed E-state index contributed by atoms with van der Waals surface area (Å²) in [4.78, 5) is 0. The number of hydrogen-bond donors (Lipinski definition) is 1. The smallest absolute Gasteiger partial charge is 0.391 e. The van der Waals surface area contributed by atoms with E-state index < -0.39 is 24.0 Å². The Labute approximate surface area is 126 Å². The van der Waals surface area contributed by atoms with Gasteiger partial charge in [0.2, 0.25) is 0 Å². The third kappa shape index (κ3) is 3.82. The minimum Gasteiger partial charge on any atom is -0.496 e. The van der Waals surface area contributed by atoms with Crippen LogP contribution in [0.5, 0.6) is 11.5 Å². The first kappa shape index (κ1) is 16.9. The molecule has 124 valence electrons. The van der Waals surface area contributed by atoms with Crippen LogP contribution in [0.3, 0.4) is 0 Å². The van der Waals surface area contributed by atoms with Gasteiger partial charge in [-0.1, -0.05) is 0 Å². The molecule has 0 spiro atoms. The van der Waals surface area contributed by atoms with Crippen molar-refractivity contribution in [1.82, 2.24) is 0 Å². The van der Waals surface area contributed by atoms with Gasteiger partial charge in [0.25, 0.3) is 0 Å². The van der Waals surface area contributed by atoms with E-state index in [1.54, 1.807) is 0 Å². The van der Waals surface area contributed by atoms with E-state index in [1.807, 2.05) is 0 Å². The number of benzene rings is 1. The van der Waals surface area contributed by atoms with Gasteiger partial charge in [0.1, 0.15) is 5.75 Å². The Kier molecular flexibility index (Phi) is 5.16. The number of methoxy groups -OCH3 is 1. The van der Waals surface area contributed by atoms with E-state index in [1.165, 1.54) is 19.2 Å². The molecule has 1 aromatic rings. The van der Waals surface area contributed by atoms with Crippen molar-refractivity contribution < 1.29 is 27.0 Å². The van der Waals surface area contributed by atoms with Crippen molar-refractivity contribution in [2.24, 2.45) is 11.7 Å². The van der Waals surface area contributed by atoms with Crippen molar-refractivity contribution in [1.29, 1.82) is 0 Å². The van der Waals surface area contributed by atoms with Crippen molar-refractivity contribution in [3.05, 3.63) is 23.5 Å². The molecular formula is C15H19F4NO2. The molecule has 0 saturated heterocycles. The highest BCUT2D eigenvalue weighted by atomic mass is 19.4. The highest BCUT2D eigenvalue weighted by molar-refractivity contribution is 5.41. The van der Waals surface area contributed by atoms with Crippen LogP contribution in [0.2, 0.25) is 0 Å². The summed E-state index contributed by atoms with van der Waals surface area (Å²) in [5.41, 5.74) is 6.00. The summed E-state index contributed by atoms with van der Waals surface area (Å²) in [7, 11) is 1.44. The zero-order valence-electron chi connectivity index (χ0n) is 12.3. The molecule has 0 atom stereocenters. The van der Waals surface area contributed by atoms with Crippen LogP contribution < -0.4 is 15.2 Å². The molecule has 0 amide bonds. The second-order valence-electron chi connectivity index (χ2n) is 5.43. The minimum atomic E-state index is -4.16. The van der Waals surface area contributed by atoms with Crippen LogP contribution in [0.25, 0.3) is 0 Å². The first-order valence-electron chi connectivity index (χ1n) is 7.15. The van der Waals surface area contributed by atoms with Crippen LogP contribution in [0, 0.1) is 11.7 Å². The minimum absolute atomic E-state index is 0.00774. The largest absolute Gasteiger partial charge is 0.496 e. The zero-order valence-corrected chi connectivity index (χ0v) is 12.3. The summed E-state index contributed by atoms with van der Waals surface area (Å²) in [6.07, 6.45) is -4.06. The van der Waals surface area contributed by atoms with Gasteiger partial charge in [0, 0.05) is 18.2 Å². The molecule has 0 aromatic heterocycles. The molecule has 0 heterocycles. The molecule has 3 nitrogen and oxygen atoms in total. The van der Waals surface area contributed by atoms with E-state index in [2.05, 4.69) is 0 Å². The van der Waals surface area contributed by atoms with E-state index in [-0.39, 0.29) is 38.0 Å². The SMILES string of the molecule is COc1cc(O[C@H]2CC[C@H](C(F)(F)F)CC2)c(F)cc1CN. The van der Waals surface area contributed by atoms with Crippen LogP contribution >= 0.6 is 0 Å². The first-order chi connectivity index (χ1) is 10.3. The van der Waals surface area contributed by atoms with Gasteiger partial charge < -0.3 is 15.2 Å². The predicted octanol–water partition coefficient (Wildman–Crippen LogP) is 3.79. The summed E-state index contributed by atoms with van der Waals surface area (Å²) < 4.78 is 62.4. The average molecular weight is 321 g/mol. The lowest BCUT2D eigenvalue weighted by Crippen LogP contribution is -2.32. The van der Waals surface area contributed by atoms with Gasteiger partial charge in [-0.15, -0.1) is 0 Å². The number of halogens is 4. The van der Waals surface area contributed by atoms with E-state index in [0.717, 1.165) is 0 Å². The van der Waals surface area contributed by atoms with E-state index in [9.17, 15) is 17.6 Å². The Morgan fingerprint density at radius 1 is 1.14 bits per heavy atom. The van der Waals surface area contributed by atoms with Crippen molar-refractivity contribution in [2.75, 3.05) is 7.11 Å². The Hall–Kier alpha value is -1.50. The molecular weight excluding hydrogens is 302 g/mol. The molecule has 22 heavy (non-hydrogen) atoms. The molecule has 0 unspecified atom stereocenters. The number of hydrogen-bond acceptors (Lipinski definition) is 3. The number of ether oxygens (including phenoxy) is 2. The number of rotatable bonds is 4. The summed E-state index contributed by atoms with van der Waals surface area (Å²) in [6, 6.07) is 2.63. The Morgan fingerprint density at radius 2 is 1.77 bits per heavy atom. The maximum absolute atomic E-state index is 14.0. The Morgan fingerprint density at radius 3 is 2.27 bits per heavy atom. The third-order valence-electron chi connectivity index (χ3n) is 3.99. The Bertz CT molecular complexity index is 511. The summed E-state index contributed by atoms with van der Waals surface area (Å²) in [5, 5.41) is 0. The highest BCUT2D eigenvalue weighted by Crippen LogP contribution is 2.39. The molecule has 7 heteroatoms. The predicted molar refractivity (Wildman–Crippen MR) is 73.3 cm³/mol. The van der Waals surface area contributed by atoms with E-state index in [4.69, 9.17) is 15.2 Å². The fraction of sp³-hybridized carbons (Fsp3) is 0.600. The summed E-state index contributed by atoms with van der Waals surface area (Å²) >= 11 is 0. The molecule has 1 aromatic carbocycles. The van der Waals surface area contributed by atoms with Crippen LogP contribution in [-0.4, -0.2) is 19.4 Å². The highest BCUT2D eigenvalue weighted by Gasteiger charge is 2.41. The normalized spacial score (nSPS) is 22.5. The monoisotopic (exact) mass is 321 g/mol. The third-order valence-corrected chi connectivity index (χ3v) is 3.99. The summed E-state index contributed by atoms with van der Waals surface area (Å²) in [5.74, 6) is -1.47. The van der Waals surface area contributed by atoms with Crippen molar-refractivity contribution >= 4 is 0 Å². The fourth-order valence-electron chi connectivity index (χ4n) is 2.70.